The first-order chi connectivity index (χ1) is 15.0. The van der Waals surface area contributed by atoms with Gasteiger partial charge in [0.05, 0.1) is 18.5 Å². The summed E-state index contributed by atoms with van der Waals surface area (Å²) in [5.74, 6) is 0.0397. The topological polar surface area (TPSA) is 75.7 Å². The highest BCUT2D eigenvalue weighted by atomic mass is 32.2. The monoisotopic (exact) mass is 452 g/mol. The first kappa shape index (κ1) is 22.1. The predicted octanol–water partition coefficient (Wildman–Crippen LogP) is 3.98. The van der Waals surface area contributed by atoms with E-state index in [0.717, 1.165) is 28.2 Å². The molecule has 0 saturated heterocycles. The van der Waals surface area contributed by atoms with E-state index in [0.29, 0.717) is 18.0 Å². The summed E-state index contributed by atoms with van der Waals surface area (Å²) < 4.78 is 32.2. The van der Waals surface area contributed by atoms with Gasteiger partial charge in [0, 0.05) is 6.54 Å². The van der Waals surface area contributed by atoms with Crippen LogP contribution in [-0.2, 0) is 26.8 Å². The number of nitrogens with zero attached hydrogens (tertiary/aromatic N) is 1. The van der Waals surface area contributed by atoms with Crippen LogP contribution >= 0.6 is 0 Å². The number of carbonyl (C=O) groups is 1. The first-order valence-corrected chi connectivity index (χ1v) is 12.4. The Morgan fingerprint density at radius 3 is 2.47 bits per heavy atom. The van der Waals surface area contributed by atoms with Crippen LogP contribution in [0.25, 0.3) is 10.8 Å². The molecule has 4 rings (SSSR count). The summed E-state index contributed by atoms with van der Waals surface area (Å²) in [4.78, 5) is 12.9. The lowest BCUT2D eigenvalue weighted by molar-refractivity contribution is -0.127. The lowest BCUT2D eigenvalue weighted by Gasteiger charge is -2.35. The van der Waals surface area contributed by atoms with Crippen LogP contribution in [-0.4, -0.2) is 33.2 Å². The van der Waals surface area contributed by atoms with Crippen LogP contribution in [0.1, 0.15) is 31.9 Å². The van der Waals surface area contributed by atoms with Gasteiger partial charge in [-0.2, -0.15) is 0 Å². The van der Waals surface area contributed by atoms with Crippen molar-refractivity contribution in [2.75, 3.05) is 17.1 Å². The molecule has 0 unspecified atom stereocenters. The van der Waals surface area contributed by atoms with Gasteiger partial charge in [-0.15, -0.1) is 0 Å². The normalized spacial score (nSPS) is 16.4. The smallest absolute Gasteiger partial charge is 0.263 e. The van der Waals surface area contributed by atoms with Gasteiger partial charge in [-0.3, -0.25) is 9.10 Å². The molecule has 0 saturated carbocycles. The van der Waals surface area contributed by atoms with Gasteiger partial charge in [-0.05, 0) is 45.5 Å². The van der Waals surface area contributed by atoms with Gasteiger partial charge in [0.1, 0.15) is 5.75 Å². The molecule has 1 heterocycles. The van der Waals surface area contributed by atoms with Gasteiger partial charge in [0.2, 0.25) is 10.0 Å². The number of sulfonamides is 1. The molecule has 0 spiro atoms. The van der Waals surface area contributed by atoms with Gasteiger partial charge in [0.25, 0.3) is 5.91 Å². The zero-order valence-corrected chi connectivity index (χ0v) is 19.6. The van der Waals surface area contributed by atoms with Crippen molar-refractivity contribution < 1.29 is 17.9 Å². The van der Waals surface area contributed by atoms with Gasteiger partial charge >= 0.3 is 0 Å². The molecule has 1 aliphatic rings. The molecule has 1 N–H and O–H groups in total. The van der Waals surface area contributed by atoms with Crippen molar-refractivity contribution in [1.82, 2.24) is 5.32 Å². The molecule has 0 fully saturated rings. The second-order valence-corrected chi connectivity index (χ2v) is 11.1. The maximum absolute atomic E-state index is 12.9. The minimum Gasteiger partial charge on any atom is -0.476 e. The summed E-state index contributed by atoms with van der Waals surface area (Å²) in [5, 5.41) is 5.12. The van der Waals surface area contributed by atoms with Gasteiger partial charge in [-0.1, -0.05) is 63.2 Å². The third kappa shape index (κ3) is 4.58. The van der Waals surface area contributed by atoms with Gasteiger partial charge < -0.3 is 10.1 Å². The van der Waals surface area contributed by atoms with Crippen molar-refractivity contribution in [2.45, 2.75) is 38.8 Å². The number of amides is 1. The molecular formula is C25H28N2O4S. The maximum atomic E-state index is 12.9. The second kappa shape index (κ2) is 8.13. The fraction of sp³-hybridized carbons (Fsp3) is 0.320. The van der Waals surface area contributed by atoms with Gasteiger partial charge in [0.15, 0.2) is 6.10 Å². The zero-order chi connectivity index (χ0) is 23.1. The van der Waals surface area contributed by atoms with Crippen molar-refractivity contribution in [3.05, 3.63) is 71.8 Å². The zero-order valence-electron chi connectivity index (χ0n) is 18.8. The lowest BCUT2D eigenvalue weighted by atomic mass is 9.86. The third-order valence-electron chi connectivity index (χ3n) is 5.67. The molecule has 0 aliphatic carbocycles. The van der Waals surface area contributed by atoms with E-state index in [1.54, 1.807) is 6.07 Å². The molecule has 1 atom stereocenters. The van der Waals surface area contributed by atoms with Crippen LogP contribution < -0.4 is 14.4 Å². The average Bonchev–Trinajstić information content (AvgIpc) is 2.74. The Morgan fingerprint density at radius 1 is 1.06 bits per heavy atom. The maximum Gasteiger partial charge on any atom is 0.263 e. The fourth-order valence-electron chi connectivity index (χ4n) is 3.82. The number of anilines is 1. The molecule has 1 amide bonds. The molecule has 168 valence electrons. The molecule has 0 aromatic heterocycles. The Kier molecular flexibility index (Phi) is 5.63. The van der Waals surface area contributed by atoms with Crippen molar-refractivity contribution >= 4 is 32.4 Å². The summed E-state index contributed by atoms with van der Waals surface area (Å²) in [6.07, 6.45) is 0.216. The molecule has 3 aromatic rings. The Labute approximate surface area is 189 Å². The number of ether oxygens (including phenoxy) is 1. The number of benzene rings is 3. The first-order valence-electron chi connectivity index (χ1n) is 10.6. The lowest BCUT2D eigenvalue weighted by Crippen LogP contribution is -2.50. The van der Waals surface area contributed by atoms with Crippen molar-refractivity contribution in [3.8, 4) is 5.75 Å². The standard InChI is InChI=1S/C25H28N2O4S/c1-25(2,3)20-11-12-22-21(14-20)27(32(4,29)30)16-23(31-22)24(28)26-15-17-9-10-18-7-5-6-8-19(18)13-17/h5-14,23H,15-16H2,1-4H3,(H,26,28)/t23-/m0/s1. The number of carbonyl (C=O) groups excluding carboxylic acids is 1. The molecule has 7 heteroatoms. The second-order valence-electron chi connectivity index (χ2n) is 9.23. The number of rotatable bonds is 4. The highest BCUT2D eigenvalue weighted by molar-refractivity contribution is 7.92. The number of hydrogen-bond donors (Lipinski definition) is 1. The Bertz CT molecular complexity index is 1280. The summed E-state index contributed by atoms with van der Waals surface area (Å²) in [5.41, 5.74) is 2.28. The molecular weight excluding hydrogens is 424 g/mol. The summed E-state index contributed by atoms with van der Waals surface area (Å²) in [6.45, 7) is 6.45. The minimum atomic E-state index is -3.59. The van der Waals surface area contributed by atoms with Crippen LogP contribution in [0.3, 0.4) is 0 Å². The largest absolute Gasteiger partial charge is 0.476 e. The average molecular weight is 453 g/mol. The van der Waals surface area contributed by atoms with Crippen LogP contribution in [0, 0.1) is 0 Å². The molecule has 1 aliphatic heterocycles. The van der Waals surface area contributed by atoms with Crippen molar-refractivity contribution in [1.29, 1.82) is 0 Å². The van der Waals surface area contributed by atoms with Gasteiger partial charge in [-0.25, -0.2) is 8.42 Å². The number of nitrogens with one attached hydrogen (secondary N) is 1. The van der Waals surface area contributed by atoms with E-state index in [-0.39, 0.29) is 17.9 Å². The molecule has 0 bridgehead atoms. The fourth-order valence-corrected chi connectivity index (χ4v) is 4.73. The SMILES string of the molecule is CC(C)(C)c1ccc2c(c1)N(S(C)(=O)=O)C[C@@H](C(=O)NCc1ccc3ccccc3c1)O2. The Morgan fingerprint density at radius 2 is 1.78 bits per heavy atom. The number of fused-ring (bicyclic) bond motifs is 2. The molecule has 32 heavy (non-hydrogen) atoms. The van der Waals surface area contributed by atoms with Crippen LogP contribution in [0.5, 0.6) is 5.75 Å². The van der Waals surface area contributed by atoms with E-state index in [1.807, 2.05) is 54.6 Å². The van der Waals surface area contributed by atoms with Crippen molar-refractivity contribution in [3.63, 3.8) is 0 Å². The van der Waals surface area contributed by atoms with Crippen LogP contribution in [0.4, 0.5) is 5.69 Å². The molecule has 3 aromatic carbocycles. The molecule has 0 radical (unpaired) electrons. The van der Waals surface area contributed by atoms with E-state index in [1.165, 1.54) is 4.31 Å². The van der Waals surface area contributed by atoms with E-state index in [9.17, 15) is 13.2 Å². The predicted molar refractivity (Wildman–Crippen MR) is 128 cm³/mol. The van der Waals surface area contributed by atoms with E-state index >= 15 is 0 Å². The highest BCUT2D eigenvalue weighted by Crippen LogP contribution is 2.38. The minimum absolute atomic E-state index is 0.0665. The summed E-state index contributed by atoms with van der Waals surface area (Å²) in [6, 6.07) is 19.5. The Hall–Kier alpha value is -3.06. The molecule has 6 nitrogen and oxygen atoms in total. The van der Waals surface area contributed by atoms with Crippen LogP contribution in [0.15, 0.2) is 60.7 Å². The Balaban J connectivity index is 1.54. The highest BCUT2D eigenvalue weighted by Gasteiger charge is 2.35. The quantitative estimate of drug-likeness (QED) is 0.650. The summed E-state index contributed by atoms with van der Waals surface area (Å²) in [7, 11) is -3.59. The van der Waals surface area contributed by atoms with E-state index < -0.39 is 16.1 Å². The van der Waals surface area contributed by atoms with Crippen LogP contribution in [0.2, 0.25) is 0 Å². The summed E-state index contributed by atoms with van der Waals surface area (Å²) >= 11 is 0. The van der Waals surface area contributed by atoms with Crippen molar-refractivity contribution in [2.24, 2.45) is 0 Å². The number of hydrogen-bond acceptors (Lipinski definition) is 4. The van der Waals surface area contributed by atoms with E-state index in [4.69, 9.17) is 4.74 Å². The third-order valence-corrected chi connectivity index (χ3v) is 6.81. The van der Waals surface area contributed by atoms with E-state index in [2.05, 4.69) is 26.1 Å².